The molecule has 0 aromatic carbocycles. The molecule has 0 radical (unpaired) electrons. The molecule has 29 heteroatoms. The van der Waals surface area contributed by atoms with Crippen molar-refractivity contribution in [3.05, 3.63) is 12.2 Å². The lowest BCUT2D eigenvalue weighted by Crippen LogP contribution is -2.65. The molecule has 0 saturated carbocycles. The maximum atomic E-state index is 13.0. The van der Waals surface area contributed by atoms with E-state index in [0.29, 0.717) is 12.8 Å². The van der Waals surface area contributed by atoms with Crippen molar-refractivity contribution in [3.63, 3.8) is 0 Å². The molecule has 1 heterocycles. The van der Waals surface area contributed by atoms with Crippen molar-refractivity contribution in [2.24, 2.45) is 5.73 Å². The third-order valence-corrected chi connectivity index (χ3v) is 16.3. The zero-order valence-electron chi connectivity index (χ0n) is 55.8. The molecule has 12 N–H and O–H groups in total. The van der Waals surface area contributed by atoms with Gasteiger partial charge in [0, 0.05) is 52.1 Å². The van der Waals surface area contributed by atoms with Crippen LogP contribution in [0.3, 0.4) is 0 Å². The number of ether oxygens (including phenoxy) is 5. The summed E-state index contributed by atoms with van der Waals surface area (Å²) in [5.74, 6) is -7.50. The normalized spacial score (nSPS) is 18.3. The summed E-state index contributed by atoms with van der Waals surface area (Å²) in [6.07, 6.45) is 24.3. The fraction of sp³-hybridized carbons (Fsp3) is 0.828. The van der Waals surface area contributed by atoms with Gasteiger partial charge in [-0.15, -0.1) is 0 Å². The number of amides is 5. The first-order valence-corrected chi connectivity index (χ1v) is 35.4. The molecule has 5 amide bonds. The van der Waals surface area contributed by atoms with Crippen molar-refractivity contribution >= 4 is 61.2 Å². The third-order valence-electron chi connectivity index (χ3n) is 15.3. The Hall–Kier alpha value is -5.00. The number of aliphatic hydroxyl groups is 4. The number of carbonyl (C=O) groups is 9. The number of hydrogen-bond donors (Lipinski definition) is 11. The van der Waals surface area contributed by atoms with Crippen LogP contribution in [0.25, 0.3) is 0 Å². The number of rotatable bonds is 58. The van der Waals surface area contributed by atoms with Crippen LogP contribution in [-0.4, -0.2) is 186 Å². The van der Waals surface area contributed by atoms with Gasteiger partial charge in [0.1, 0.15) is 49.6 Å². The SMILES string of the molecule is CCCCCCCC/C=C\CCCCCCCC(=O)O[C@H](COC(=O)CCCCCCCCCCCCCCC)COP(=O)(O)OCCNC(=O)CCC(=O)NCC(=O)OC(=O)CC[C@@H](NC(=O)[C@H](CO)NCC(C)O[C@H]1[C@H](O)[C@@H](CO)O[C@H](O)[C@@H]1NC(C)=O)C(N)=O. The number of nitrogens with one attached hydrogen (secondary N) is 5. The zero-order valence-corrected chi connectivity index (χ0v) is 56.7. The van der Waals surface area contributed by atoms with Gasteiger partial charge < -0.3 is 81.3 Å². The Labute approximate surface area is 550 Å². The molecule has 1 rings (SSSR count). The molecule has 93 heavy (non-hydrogen) atoms. The quantitative estimate of drug-likeness (QED) is 0.00927. The fourth-order valence-corrected chi connectivity index (χ4v) is 10.7. The molecule has 0 aromatic rings. The molecule has 538 valence electrons. The fourth-order valence-electron chi connectivity index (χ4n) is 9.92. The number of allylic oxidation sites excluding steroid dienone is 2. The van der Waals surface area contributed by atoms with E-state index >= 15 is 0 Å². The van der Waals surface area contributed by atoms with Crippen LogP contribution in [0.2, 0.25) is 0 Å². The lowest BCUT2D eigenvalue weighted by molar-refractivity contribution is -0.267. The van der Waals surface area contributed by atoms with Crippen LogP contribution in [-0.2, 0) is 80.4 Å². The average molecular weight is 1350 g/mol. The molecule has 28 nitrogen and oxygen atoms in total. The molecule has 2 unspecified atom stereocenters. The van der Waals surface area contributed by atoms with Gasteiger partial charge in [-0.2, -0.15) is 0 Å². The molecule has 0 spiro atoms. The Kier molecular flexibility index (Phi) is 50.1. The molecule has 10 atom stereocenters. The predicted octanol–water partition coefficient (Wildman–Crippen LogP) is 5.23. The van der Waals surface area contributed by atoms with Crippen molar-refractivity contribution in [2.45, 2.75) is 288 Å². The Morgan fingerprint density at radius 3 is 1.69 bits per heavy atom. The van der Waals surface area contributed by atoms with E-state index < -0.39 is 181 Å². The van der Waals surface area contributed by atoms with Gasteiger partial charge in [0.2, 0.25) is 29.5 Å². The molecular formula is C64H115N6O22P. The summed E-state index contributed by atoms with van der Waals surface area (Å²) in [6.45, 7) is 2.78. The second kappa shape index (κ2) is 54.2. The highest BCUT2D eigenvalue weighted by Gasteiger charge is 2.46. The number of unbranched alkanes of at least 4 members (excludes halogenated alkanes) is 23. The Bertz CT molecular complexity index is 2200. The largest absolute Gasteiger partial charge is 0.472 e. The smallest absolute Gasteiger partial charge is 0.462 e. The van der Waals surface area contributed by atoms with E-state index in [0.717, 1.165) is 71.1 Å². The summed E-state index contributed by atoms with van der Waals surface area (Å²) in [5, 5.41) is 52.5. The molecule has 1 aliphatic rings. The maximum Gasteiger partial charge on any atom is 0.472 e. The van der Waals surface area contributed by atoms with Gasteiger partial charge in [0.25, 0.3) is 0 Å². The summed E-state index contributed by atoms with van der Waals surface area (Å²) in [6, 6.07) is -4.10. The average Bonchev–Trinajstić information content (AvgIpc) is 1.03. The predicted molar refractivity (Wildman–Crippen MR) is 344 cm³/mol. The van der Waals surface area contributed by atoms with Crippen molar-refractivity contribution in [1.82, 2.24) is 26.6 Å². The van der Waals surface area contributed by atoms with E-state index in [2.05, 4.69) is 57.3 Å². The van der Waals surface area contributed by atoms with E-state index in [1.807, 2.05) is 0 Å². The standard InChI is InChI=1S/C64H115N6O22P/c1-5-7-9-11-13-15-17-19-20-22-24-26-28-30-32-34-56(77)90-49(45-86-55(76)33-31-29-27-25-23-21-18-16-14-12-10-8-6-2)46-88-93(84,85)87-40-39-66-53(74)36-37-54(75)68-42-58(79)92-57(78)38-35-50(62(65)81)70-63(82)51(43-71)67-41-47(3)89-61-59(69-48(4)73)64(83)91-52(44-72)60(61)80/h19-20,47,49-52,59-61,64,67,71-72,80,83H,5-18,21-46H2,1-4H3,(H2,65,81)(H,66,74)(H,68,75)(H,69,73)(H,70,82)(H,84,85)/b20-19-/t47?,49-,50-,51+,52-,59-,60-,61-,64+/m1/s1. The van der Waals surface area contributed by atoms with E-state index in [4.69, 9.17) is 33.7 Å². The molecule has 0 aliphatic carbocycles. The van der Waals surface area contributed by atoms with Crippen molar-refractivity contribution in [3.8, 4) is 0 Å². The third kappa shape index (κ3) is 45.1. The maximum absolute atomic E-state index is 13.0. The Morgan fingerprint density at radius 2 is 1.16 bits per heavy atom. The van der Waals surface area contributed by atoms with Crippen LogP contribution < -0.4 is 32.3 Å². The second-order valence-corrected chi connectivity index (χ2v) is 25.2. The van der Waals surface area contributed by atoms with Gasteiger partial charge in [-0.05, 0) is 51.9 Å². The number of aliphatic hydroxyl groups excluding tert-OH is 4. The lowest BCUT2D eigenvalue weighted by atomic mass is 9.96. The zero-order chi connectivity index (χ0) is 69.1. The first-order valence-electron chi connectivity index (χ1n) is 33.9. The number of esters is 4. The minimum atomic E-state index is -4.80. The van der Waals surface area contributed by atoms with E-state index in [9.17, 15) is 73.0 Å². The number of carbonyl (C=O) groups excluding carboxylic acids is 9. The van der Waals surface area contributed by atoms with E-state index in [1.54, 1.807) is 0 Å². The van der Waals surface area contributed by atoms with E-state index in [-0.39, 0.29) is 25.9 Å². The molecule has 0 bridgehead atoms. The summed E-state index contributed by atoms with van der Waals surface area (Å²) >= 11 is 0. The topological polar surface area (TPSA) is 423 Å². The van der Waals surface area contributed by atoms with Crippen LogP contribution >= 0.6 is 7.82 Å². The van der Waals surface area contributed by atoms with Crippen LogP contribution in [0.15, 0.2) is 12.2 Å². The number of phosphoric ester groups is 1. The van der Waals surface area contributed by atoms with E-state index in [1.165, 1.54) is 96.8 Å². The van der Waals surface area contributed by atoms with Crippen LogP contribution in [0.4, 0.5) is 0 Å². The molecular weight excluding hydrogens is 1240 g/mol. The number of nitrogens with two attached hydrogens (primary N) is 1. The highest BCUT2D eigenvalue weighted by atomic mass is 31.2. The molecule has 1 saturated heterocycles. The van der Waals surface area contributed by atoms with Crippen molar-refractivity contribution in [1.29, 1.82) is 0 Å². The molecule has 0 aromatic heterocycles. The van der Waals surface area contributed by atoms with Crippen LogP contribution in [0, 0.1) is 0 Å². The van der Waals surface area contributed by atoms with Gasteiger partial charge >= 0.3 is 31.7 Å². The second-order valence-electron chi connectivity index (χ2n) is 23.7. The van der Waals surface area contributed by atoms with Gasteiger partial charge in [0.05, 0.1) is 32.5 Å². The number of primary amides is 1. The number of hydrogen-bond acceptors (Lipinski definition) is 22. The first kappa shape index (κ1) is 86.0. The van der Waals surface area contributed by atoms with Gasteiger partial charge in [-0.25, -0.2) is 9.36 Å². The summed E-state index contributed by atoms with van der Waals surface area (Å²) in [4.78, 5) is 123. The minimum Gasteiger partial charge on any atom is -0.462 e. The summed E-state index contributed by atoms with van der Waals surface area (Å²) in [7, 11) is -4.80. The summed E-state index contributed by atoms with van der Waals surface area (Å²) < 4.78 is 49.6. The van der Waals surface area contributed by atoms with Crippen LogP contribution in [0.5, 0.6) is 0 Å². The minimum absolute atomic E-state index is 0.0917. The number of phosphoric acid groups is 1. The Balaban J connectivity index is 2.54. The molecule has 1 fully saturated rings. The monoisotopic (exact) mass is 1350 g/mol. The highest BCUT2D eigenvalue weighted by Crippen LogP contribution is 2.43. The van der Waals surface area contributed by atoms with Gasteiger partial charge in [0.15, 0.2) is 12.4 Å². The van der Waals surface area contributed by atoms with Gasteiger partial charge in [-0.1, -0.05) is 154 Å². The van der Waals surface area contributed by atoms with Crippen LogP contribution in [0.1, 0.15) is 233 Å². The summed E-state index contributed by atoms with van der Waals surface area (Å²) in [5.41, 5.74) is 5.42. The Morgan fingerprint density at radius 1 is 0.634 bits per heavy atom. The van der Waals surface area contributed by atoms with Crippen molar-refractivity contribution in [2.75, 3.05) is 52.7 Å². The van der Waals surface area contributed by atoms with Crippen molar-refractivity contribution < 1.29 is 106 Å². The first-order chi connectivity index (χ1) is 44.5. The lowest BCUT2D eigenvalue weighted by Gasteiger charge is -2.43. The van der Waals surface area contributed by atoms with Gasteiger partial charge in [-0.3, -0.25) is 47.4 Å². The highest BCUT2D eigenvalue weighted by molar-refractivity contribution is 7.47. The molecule has 1 aliphatic heterocycles.